The largest absolute Gasteiger partial charge is 0.501 e. The van der Waals surface area contributed by atoms with Gasteiger partial charge in [-0.2, -0.15) is 0 Å². The second-order valence-electron chi connectivity index (χ2n) is 12.5. The Bertz CT molecular complexity index is 467. The minimum absolute atomic E-state index is 0.586. The van der Waals surface area contributed by atoms with Crippen molar-refractivity contribution in [2.75, 3.05) is 33.0 Å². The van der Waals surface area contributed by atoms with Gasteiger partial charge in [-0.05, 0) is 55.8 Å². The van der Waals surface area contributed by atoms with Gasteiger partial charge in [-0.25, -0.2) is 0 Å². The quantitative estimate of drug-likeness (QED) is 0.0598. The molecule has 4 nitrogen and oxygen atoms in total. The summed E-state index contributed by atoms with van der Waals surface area (Å²) in [6, 6.07) is 0.872. The van der Waals surface area contributed by atoms with Gasteiger partial charge in [0, 0.05) is 39.1 Å². The van der Waals surface area contributed by atoms with E-state index in [1.807, 2.05) is 0 Å². The number of hydrogen-bond donors (Lipinski definition) is 0. The van der Waals surface area contributed by atoms with Gasteiger partial charge in [0.2, 0.25) is 0 Å². The summed E-state index contributed by atoms with van der Waals surface area (Å²) in [6.07, 6.45) is 20.7. The zero-order valence-corrected chi connectivity index (χ0v) is 29.7. The van der Waals surface area contributed by atoms with Crippen molar-refractivity contribution in [1.29, 1.82) is 0 Å². The molecule has 4 atom stereocenters. The van der Waals surface area contributed by atoms with Crippen molar-refractivity contribution in [2.24, 2.45) is 23.7 Å². The molecule has 0 aliphatic heterocycles. The molecule has 0 spiro atoms. The van der Waals surface area contributed by atoms with E-state index >= 15 is 0 Å². The van der Waals surface area contributed by atoms with Crippen LogP contribution in [0.15, 0.2) is 0 Å². The molecular formula is C35H74O4Si. The van der Waals surface area contributed by atoms with E-state index in [1.54, 1.807) is 0 Å². The minimum atomic E-state index is -2.84. The Balaban J connectivity index is 5.60. The predicted molar refractivity (Wildman–Crippen MR) is 177 cm³/mol. The lowest BCUT2D eigenvalue weighted by molar-refractivity contribution is 0.0211. The van der Waals surface area contributed by atoms with Gasteiger partial charge in [-0.15, -0.1) is 0 Å². The van der Waals surface area contributed by atoms with Crippen molar-refractivity contribution in [2.45, 2.75) is 171 Å². The van der Waals surface area contributed by atoms with E-state index in [0.29, 0.717) is 23.7 Å². The first-order valence-corrected chi connectivity index (χ1v) is 19.9. The highest BCUT2D eigenvalue weighted by Gasteiger charge is 2.42. The van der Waals surface area contributed by atoms with E-state index in [2.05, 4.69) is 55.4 Å². The molecule has 0 aliphatic carbocycles. The van der Waals surface area contributed by atoms with E-state index in [9.17, 15) is 0 Å². The molecule has 4 unspecified atom stereocenters. The van der Waals surface area contributed by atoms with E-state index in [0.717, 1.165) is 64.8 Å². The van der Waals surface area contributed by atoms with Gasteiger partial charge in [0.05, 0.1) is 0 Å². The fraction of sp³-hybridized carbons (Fsp3) is 1.00. The van der Waals surface area contributed by atoms with Crippen LogP contribution in [0.3, 0.4) is 0 Å². The first-order valence-electron chi connectivity index (χ1n) is 18.0. The van der Waals surface area contributed by atoms with Gasteiger partial charge >= 0.3 is 8.80 Å². The van der Waals surface area contributed by atoms with Crippen LogP contribution in [0, 0.1) is 23.7 Å². The Labute approximate surface area is 253 Å². The maximum atomic E-state index is 6.92. The number of unbranched alkanes of at least 4 members (excludes halogenated alkanes) is 4. The number of hydrogen-bond acceptors (Lipinski definition) is 4. The fourth-order valence-corrected chi connectivity index (χ4v) is 8.04. The molecule has 0 aliphatic rings. The molecule has 0 aromatic rings. The second kappa shape index (κ2) is 27.9. The molecule has 0 aromatic carbocycles. The normalized spacial score (nSPS) is 16.5. The summed E-state index contributed by atoms with van der Waals surface area (Å²) in [4.78, 5) is 0. The Morgan fingerprint density at radius 2 is 0.750 bits per heavy atom. The zero-order chi connectivity index (χ0) is 29.9. The molecule has 0 fully saturated rings. The monoisotopic (exact) mass is 587 g/mol. The zero-order valence-electron chi connectivity index (χ0n) is 28.7. The molecule has 40 heavy (non-hydrogen) atoms. The molecule has 0 bridgehead atoms. The summed E-state index contributed by atoms with van der Waals surface area (Å²) >= 11 is 0. The van der Waals surface area contributed by atoms with Gasteiger partial charge in [0.1, 0.15) is 0 Å². The summed E-state index contributed by atoms with van der Waals surface area (Å²) in [7, 11) is -2.84. The van der Waals surface area contributed by atoms with E-state index in [1.165, 1.54) is 83.5 Å². The average Bonchev–Trinajstić information content (AvgIpc) is 2.98. The SMILES string of the molecule is CCCCC(CC)COCCC[Si](OCC(CC)CCCC)(OCC(CC)CCCC)OCC(CC)CCCC. The van der Waals surface area contributed by atoms with Crippen molar-refractivity contribution < 1.29 is 18.0 Å². The average molecular weight is 587 g/mol. The maximum Gasteiger partial charge on any atom is 0.501 e. The summed E-state index contributed by atoms with van der Waals surface area (Å²) in [5.74, 6) is 2.44. The highest BCUT2D eigenvalue weighted by atomic mass is 28.4. The topological polar surface area (TPSA) is 36.9 Å². The summed E-state index contributed by atoms with van der Waals surface area (Å²) < 4.78 is 27.0. The summed E-state index contributed by atoms with van der Waals surface area (Å²) in [6.45, 7) is 22.3. The van der Waals surface area contributed by atoms with Crippen LogP contribution in [0.25, 0.3) is 0 Å². The summed E-state index contributed by atoms with van der Waals surface area (Å²) in [5.41, 5.74) is 0. The number of ether oxygens (including phenoxy) is 1. The molecule has 0 rings (SSSR count). The van der Waals surface area contributed by atoms with Crippen molar-refractivity contribution in [3.8, 4) is 0 Å². The molecular weight excluding hydrogens is 512 g/mol. The molecule has 0 N–H and O–H groups in total. The fourth-order valence-electron chi connectivity index (χ4n) is 5.31. The molecule has 0 radical (unpaired) electrons. The third kappa shape index (κ3) is 20.0. The standard InChI is InChI=1S/C35H74O4Si/c1-9-17-22-32(13-5)28-36-26-21-27-40(37-29-33(14-6)23-18-10-2,38-30-34(15-7)24-19-11-3)39-31-35(16-8)25-20-12-4/h32-35H,9-31H2,1-8H3. The van der Waals surface area contributed by atoms with Gasteiger partial charge in [-0.3, -0.25) is 0 Å². The van der Waals surface area contributed by atoms with Crippen LogP contribution in [-0.2, 0) is 18.0 Å². The van der Waals surface area contributed by atoms with Crippen LogP contribution in [0.4, 0.5) is 0 Å². The molecule has 0 heterocycles. The summed E-state index contributed by atoms with van der Waals surface area (Å²) in [5, 5.41) is 0. The Morgan fingerprint density at radius 3 is 1.05 bits per heavy atom. The Morgan fingerprint density at radius 1 is 0.425 bits per heavy atom. The Kier molecular flexibility index (Phi) is 27.9. The van der Waals surface area contributed by atoms with Gasteiger partial charge < -0.3 is 18.0 Å². The van der Waals surface area contributed by atoms with E-state index in [-0.39, 0.29) is 0 Å². The minimum Gasteiger partial charge on any atom is -0.381 e. The van der Waals surface area contributed by atoms with Crippen LogP contribution in [0.5, 0.6) is 0 Å². The van der Waals surface area contributed by atoms with Gasteiger partial charge in [0.15, 0.2) is 0 Å². The van der Waals surface area contributed by atoms with E-state index in [4.69, 9.17) is 18.0 Å². The third-order valence-corrected chi connectivity index (χ3v) is 11.7. The van der Waals surface area contributed by atoms with Crippen LogP contribution >= 0.6 is 0 Å². The highest BCUT2D eigenvalue weighted by molar-refractivity contribution is 6.60. The first-order chi connectivity index (χ1) is 19.5. The van der Waals surface area contributed by atoms with Crippen LogP contribution in [0.2, 0.25) is 6.04 Å². The second-order valence-corrected chi connectivity index (χ2v) is 15.2. The third-order valence-electron chi connectivity index (χ3n) is 8.92. The van der Waals surface area contributed by atoms with Gasteiger partial charge in [0.25, 0.3) is 0 Å². The van der Waals surface area contributed by atoms with Gasteiger partial charge in [-0.1, -0.05) is 132 Å². The lowest BCUT2D eigenvalue weighted by Crippen LogP contribution is -2.49. The molecule has 0 saturated heterocycles. The lowest BCUT2D eigenvalue weighted by atomic mass is 10.0. The van der Waals surface area contributed by atoms with Crippen molar-refractivity contribution in [3.63, 3.8) is 0 Å². The lowest BCUT2D eigenvalue weighted by Gasteiger charge is -2.34. The molecule has 0 amide bonds. The van der Waals surface area contributed by atoms with Crippen molar-refractivity contribution in [3.05, 3.63) is 0 Å². The molecule has 242 valence electrons. The van der Waals surface area contributed by atoms with Crippen LogP contribution in [0.1, 0.15) is 165 Å². The van der Waals surface area contributed by atoms with E-state index < -0.39 is 8.80 Å². The van der Waals surface area contributed by atoms with Crippen molar-refractivity contribution >= 4 is 8.80 Å². The molecule has 0 saturated carbocycles. The molecule has 5 heteroatoms. The number of rotatable bonds is 31. The smallest absolute Gasteiger partial charge is 0.381 e. The highest BCUT2D eigenvalue weighted by Crippen LogP contribution is 2.27. The molecule has 0 aromatic heterocycles. The maximum absolute atomic E-state index is 6.92. The Hall–Kier alpha value is 0.0569. The first kappa shape index (κ1) is 40.1. The van der Waals surface area contributed by atoms with Crippen molar-refractivity contribution in [1.82, 2.24) is 0 Å². The van der Waals surface area contributed by atoms with Crippen LogP contribution < -0.4 is 0 Å². The van der Waals surface area contributed by atoms with Crippen LogP contribution in [-0.4, -0.2) is 41.8 Å². The predicted octanol–water partition coefficient (Wildman–Crippen LogP) is 11.2.